The topological polar surface area (TPSA) is 118 Å². The van der Waals surface area contributed by atoms with Crippen molar-refractivity contribution in [1.82, 2.24) is 0 Å². The molecule has 4 N–H and O–H groups in total. The molecular formula is C39H40O8. The maximum absolute atomic E-state index is 12.1. The molecule has 8 rings (SSSR count). The maximum atomic E-state index is 12.1. The van der Waals surface area contributed by atoms with Gasteiger partial charge in [0.25, 0.3) is 0 Å². The number of aliphatic hydroxyl groups is 2. The van der Waals surface area contributed by atoms with Crippen LogP contribution in [0.3, 0.4) is 0 Å². The van der Waals surface area contributed by atoms with Gasteiger partial charge in [0.15, 0.2) is 0 Å². The number of ether oxygens (including phenoxy) is 4. The largest absolute Gasteiger partial charge is 0.508 e. The molecule has 0 amide bonds. The summed E-state index contributed by atoms with van der Waals surface area (Å²) in [5.41, 5.74) is 5.75. The Bertz CT molecular complexity index is 1790. The predicted octanol–water partition coefficient (Wildman–Crippen LogP) is 6.79. The van der Waals surface area contributed by atoms with E-state index in [-0.39, 0.29) is 30.8 Å². The lowest BCUT2D eigenvalue weighted by Crippen LogP contribution is -2.40. The summed E-state index contributed by atoms with van der Waals surface area (Å²) in [6.45, 7) is 1.12. The molecule has 1 aliphatic carbocycles. The van der Waals surface area contributed by atoms with Gasteiger partial charge >= 0.3 is 0 Å². The second kappa shape index (κ2) is 12.3. The lowest BCUT2D eigenvalue weighted by Gasteiger charge is -2.41. The average Bonchev–Trinajstić information content (AvgIpc) is 3.59. The smallest absolute Gasteiger partial charge is 0.128 e. The second-order valence-corrected chi connectivity index (χ2v) is 13.3. The number of fused-ring (bicyclic) bond motifs is 4. The van der Waals surface area contributed by atoms with Crippen LogP contribution in [0.25, 0.3) is 11.1 Å². The number of hydrogen-bond acceptors (Lipinski definition) is 8. The second-order valence-electron chi connectivity index (χ2n) is 13.3. The van der Waals surface area contributed by atoms with E-state index >= 15 is 0 Å². The van der Waals surface area contributed by atoms with Gasteiger partial charge in [-0.05, 0) is 104 Å². The first-order chi connectivity index (χ1) is 22.9. The van der Waals surface area contributed by atoms with Crippen LogP contribution < -0.4 is 18.9 Å². The Morgan fingerprint density at radius 2 is 1.51 bits per heavy atom. The molecule has 0 bridgehead atoms. The number of hydrogen-bond donors (Lipinski definition) is 4. The van der Waals surface area contributed by atoms with E-state index in [0.29, 0.717) is 35.8 Å². The Hall–Kier alpha value is -4.40. The Morgan fingerprint density at radius 1 is 0.723 bits per heavy atom. The van der Waals surface area contributed by atoms with Gasteiger partial charge in [-0.3, -0.25) is 0 Å². The molecule has 8 nitrogen and oxygen atoms in total. The summed E-state index contributed by atoms with van der Waals surface area (Å²) in [7, 11) is 0. The number of aromatic hydroxyl groups is 2. The first-order valence-electron chi connectivity index (χ1n) is 16.8. The van der Waals surface area contributed by atoms with Crippen molar-refractivity contribution in [1.29, 1.82) is 0 Å². The fourth-order valence-corrected chi connectivity index (χ4v) is 7.97. The Labute approximate surface area is 274 Å². The molecule has 244 valence electrons. The summed E-state index contributed by atoms with van der Waals surface area (Å²) in [6.07, 6.45) is 4.66. The van der Waals surface area contributed by atoms with E-state index < -0.39 is 24.0 Å². The summed E-state index contributed by atoms with van der Waals surface area (Å²) in [4.78, 5) is 0. The van der Waals surface area contributed by atoms with Gasteiger partial charge in [0, 0.05) is 40.5 Å². The minimum atomic E-state index is -0.931. The summed E-state index contributed by atoms with van der Waals surface area (Å²) in [6, 6.07) is 19.9. The van der Waals surface area contributed by atoms with Crippen LogP contribution in [0, 0.1) is 11.8 Å². The highest BCUT2D eigenvalue weighted by molar-refractivity contribution is 5.70. The molecule has 0 radical (unpaired) electrons. The van der Waals surface area contributed by atoms with Crippen LogP contribution in [0.4, 0.5) is 0 Å². The Kier molecular flexibility index (Phi) is 7.86. The van der Waals surface area contributed by atoms with Crippen LogP contribution in [0.15, 0.2) is 66.7 Å². The van der Waals surface area contributed by atoms with Gasteiger partial charge in [-0.15, -0.1) is 0 Å². The highest BCUT2D eigenvalue weighted by atomic mass is 16.5. The van der Waals surface area contributed by atoms with Crippen LogP contribution in [0.1, 0.15) is 72.1 Å². The van der Waals surface area contributed by atoms with Crippen LogP contribution >= 0.6 is 0 Å². The van der Waals surface area contributed by atoms with Crippen LogP contribution in [-0.2, 0) is 12.8 Å². The molecular weight excluding hydrogens is 596 g/mol. The van der Waals surface area contributed by atoms with Gasteiger partial charge in [0.05, 0.1) is 38.1 Å². The van der Waals surface area contributed by atoms with Gasteiger partial charge < -0.3 is 39.4 Å². The van der Waals surface area contributed by atoms with E-state index in [1.807, 2.05) is 36.4 Å². The third kappa shape index (κ3) is 5.63. The van der Waals surface area contributed by atoms with Gasteiger partial charge in [-0.1, -0.05) is 18.2 Å². The number of aliphatic hydroxyl groups excluding tert-OH is 2. The SMILES string of the molecule is Oc1cccc(-c2ccc(O)cc2Cc2cc(OC3CCCC3)cc3c2OCC(C2COc4ccc5c(c4C2O)CCCO5)C3O)c1. The van der Waals surface area contributed by atoms with Crippen LogP contribution in [0.5, 0.6) is 34.5 Å². The predicted molar refractivity (Wildman–Crippen MR) is 175 cm³/mol. The fourth-order valence-electron chi connectivity index (χ4n) is 7.97. The van der Waals surface area contributed by atoms with E-state index in [4.69, 9.17) is 18.9 Å². The number of phenolic OH excluding ortho intramolecular Hbond substituents is 2. The highest BCUT2D eigenvalue weighted by Gasteiger charge is 2.44. The lowest BCUT2D eigenvalue weighted by atomic mass is 9.75. The monoisotopic (exact) mass is 636 g/mol. The average molecular weight is 637 g/mol. The quantitative estimate of drug-likeness (QED) is 0.183. The van der Waals surface area contributed by atoms with Crippen molar-refractivity contribution < 1.29 is 39.4 Å². The molecule has 4 atom stereocenters. The number of rotatable bonds is 6. The minimum absolute atomic E-state index is 0.112. The summed E-state index contributed by atoms with van der Waals surface area (Å²) >= 11 is 0. The van der Waals surface area contributed by atoms with E-state index in [2.05, 4.69) is 0 Å². The molecule has 8 heteroatoms. The third-order valence-corrected chi connectivity index (χ3v) is 10.3. The summed E-state index contributed by atoms with van der Waals surface area (Å²) < 4.78 is 25.1. The highest BCUT2D eigenvalue weighted by Crippen LogP contribution is 2.50. The fraction of sp³-hybridized carbons (Fsp3) is 0.385. The van der Waals surface area contributed by atoms with Gasteiger partial charge in [-0.25, -0.2) is 0 Å². The first-order valence-corrected chi connectivity index (χ1v) is 16.8. The van der Waals surface area contributed by atoms with Gasteiger partial charge in [-0.2, -0.15) is 0 Å². The van der Waals surface area contributed by atoms with Crippen molar-refractivity contribution in [2.75, 3.05) is 19.8 Å². The lowest BCUT2D eigenvalue weighted by molar-refractivity contribution is -0.0559. The number of benzene rings is 4. The maximum Gasteiger partial charge on any atom is 0.128 e. The zero-order valence-corrected chi connectivity index (χ0v) is 26.2. The van der Waals surface area contributed by atoms with E-state index in [9.17, 15) is 20.4 Å². The van der Waals surface area contributed by atoms with Crippen molar-refractivity contribution >= 4 is 0 Å². The molecule has 4 aromatic rings. The molecule has 47 heavy (non-hydrogen) atoms. The molecule has 1 fully saturated rings. The van der Waals surface area contributed by atoms with Crippen molar-refractivity contribution in [3.05, 3.63) is 94.5 Å². The zero-order chi connectivity index (χ0) is 32.1. The van der Waals surface area contributed by atoms with Gasteiger partial charge in [0.1, 0.15) is 34.5 Å². The Morgan fingerprint density at radius 3 is 2.36 bits per heavy atom. The molecule has 0 saturated heterocycles. The summed E-state index contributed by atoms with van der Waals surface area (Å²) in [5.74, 6) is 2.20. The molecule has 3 aliphatic heterocycles. The molecule has 3 heterocycles. The zero-order valence-electron chi connectivity index (χ0n) is 26.2. The van der Waals surface area contributed by atoms with Gasteiger partial charge in [0.2, 0.25) is 0 Å². The van der Waals surface area contributed by atoms with E-state index in [1.165, 1.54) is 0 Å². The molecule has 0 aromatic heterocycles. The molecule has 4 aromatic carbocycles. The molecule has 1 saturated carbocycles. The molecule has 4 unspecified atom stereocenters. The van der Waals surface area contributed by atoms with Crippen LogP contribution in [-0.4, -0.2) is 46.4 Å². The normalized spacial score (nSPS) is 23.4. The van der Waals surface area contributed by atoms with Crippen LogP contribution in [0.2, 0.25) is 0 Å². The van der Waals surface area contributed by atoms with E-state index in [1.54, 1.807) is 30.3 Å². The van der Waals surface area contributed by atoms with Crippen molar-refractivity contribution in [3.63, 3.8) is 0 Å². The van der Waals surface area contributed by atoms with E-state index in [0.717, 1.165) is 77.7 Å². The summed E-state index contributed by atoms with van der Waals surface area (Å²) in [5, 5.41) is 44.6. The van der Waals surface area contributed by atoms with Crippen molar-refractivity contribution in [2.24, 2.45) is 11.8 Å². The minimum Gasteiger partial charge on any atom is -0.508 e. The molecule has 0 spiro atoms. The van der Waals surface area contributed by atoms with Crippen molar-refractivity contribution in [3.8, 4) is 45.6 Å². The third-order valence-electron chi connectivity index (χ3n) is 10.3. The molecule has 4 aliphatic rings. The van der Waals surface area contributed by atoms with Crippen molar-refractivity contribution in [2.45, 2.75) is 63.3 Å². The number of phenols is 2. The standard InChI is InChI=1S/C39H40O8/c40-25-6-3-5-22(16-25)29-11-10-26(41)17-23(29)15-24-18-28(47-27-7-1-2-8-27)19-31-37(42)32(21-46-39(24)31)33-20-45-35-13-12-34-30(9-4-14-44-34)36(35)38(33)43/h3,5-6,10-13,16-19,27,32-33,37-38,40-43H,1-2,4,7-9,14-15,20-21H2. The first kappa shape index (κ1) is 30.0. The Balaban J connectivity index is 1.16.